The maximum Gasteiger partial charge on any atom is 0.160 e. The van der Waals surface area contributed by atoms with E-state index in [4.69, 9.17) is 4.74 Å². The predicted octanol–water partition coefficient (Wildman–Crippen LogP) is 2.53. The highest BCUT2D eigenvalue weighted by molar-refractivity contribution is 5.44. The highest BCUT2D eigenvalue weighted by Crippen LogP contribution is 2.32. The Morgan fingerprint density at radius 3 is 2.60 bits per heavy atom. The van der Waals surface area contributed by atoms with Crippen LogP contribution in [0, 0.1) is 0 Å². The van der Waals surface area contributed by atoms with E-state index in [-0.39, 0.29) is 12.4 Å². The van der Waals surface area contributed by atoms with Gasteiger partial charge in [-0.1, -0.05) is 25.3 Å². The minimum Gasteiger partial charge on any atom is -0.504 e. The van der Waals surface area contributed by atoms with Crippen molar-refractivity contribution < 1.29 is 14.9 Å². The maximum absolute atomic E-state index is 9.84. The van der Waals surface area contributed by atoms with Gasteiger partial charge in [-0.05, 0) is 37.5 Å². The predicted molar refractivity (Wildman–Crippen MR) is 79.1 cm³/mol. The molecule has 1 fully saturated rings. The largest absolute Gasteiger partial charge is 0.504 e. The van der Waals surface area contributed by atoms with Crippen molar-refractivity contribution in [3.05, 3.63) is 23.8 Å². The number of hydrogen-bond donors (Lipinski definition) is 3. The van der Waals surface area contributed by atoms with Gasteiger partial charge in [-0.25, -0.2) is 0 Å². The van der Waals surface area contributed by atoms with Crippen LogP contribution in [0.3, 0.4) is 0 Å². The normalized spacial score (nSPS) is 19.6. The number of phenolic OH excluding ortho intramolecular Hbond substituents is 1. The van der Waals surface area contributed by atoms with E-state index in [2.05, 4.69) is 5.32 Å². The highest BCUT2D eigenvalue weighted by atomic mass is 16.5. The van der Waals surface area contributed by atoms with Crippen LogP contribution in [0.4, 0.5) is 0 Å². The number of aromatic hydroxyl groups is 1. The lowest BCUT2D eigenvalue weighted by Crippen LogP contribution is -2.49. The van der Waals surface area contributed by atoms with Gasteiger partial charge in [0.1, 0.15) is 0 Å². The molecule has 3 N–H and O–H groups in total. The van der Waals surface area contributed by atoms with E-state index in [9.17, 15) is 10.2 Å². The van der Waals surface area contributed by atoms with E-state index in [1.54, 1.807) is 12.1 Å². The first-order valence-electron chi connectivity index (χ1n) is 7.35. The van der Waals surface area contributed by atoms with Crippen molar-refractivity contribution in [2.45, 2.75) is 50.6 Å². The number of aliphatic hydroxyl groups is 1. The van der Waals surface area contributed by atoms with Crippen LogP contribution in [0.25, 0.3) is 0 Å². The summed E-state index contributed by atoms with van der Waals surface area (Å²) in [5, 5.41) is 23.1. The van der Waals surface area contributed by atoms with E-state index in [0.29, 0.717) is 11.8 Å². The molecule has 0 amide bonds. The lowest BCUT2D eigenvalue weighted by Gasteiger charge is -2.36. The molecule has 0 radical (unpaired) electrons. The number of benzene rings is 1. The molecule has 1 atom stereocenters. The van der Waals surface area contributed by atoms with E-state index in [0.717, 1.165) is 18.4 Å². The van der Waals surface area contributed by atoms with Gasteiger partial charge in [-0.2, -0.15) is 0 Å². The zero-order chi connectivity index (χ0) is 14.6. The van der Waals surface area contributed by atoms with E-state index in [1.165, 1.54) is 26.4 Å². The summed E-state index contributed by atoms with van der Waals surface area (Å²) in [5.74, 6) is 0.557. The third kappa shape index (κ3) is 3.25. The monoisotopic (exact) mass is 279 g/mol. The Hall–Kier alpha value is -1.26. The Balaban J connectivity index is 2.20. The quantitative estimate of drug-likeness (QED) is 0.775. The second-order valence-electron chi connectivity index (χ2n) is 5.86. The van der Waals surface area contributed by atoms with Gasteiger partial charge in [0, 0.05) is 6.04 Å². The van der Waals surface area contributed by atoms with Gasteiger partial charge in [-0.15, -0.1) is 0 Å². The lowest BCUT2D eigenvalue weighted by atomic mass is 9.88. The van der Waals surface area contributed by atoms with Gasteiger partial charge in [0.15, 0.2) is 11.5 Å². The first-order valence-corrected chi connectivity index (χ1v) is 7.35. The van der Waals surface area contributed by atoms with Crippen LogP contribution in [-0.4, -0.2) is 30.0 Å². The average Bonchev–Trinajstić information content (AvgIpc) is 2.48. The van der Waals surface area contributed by atoms with Crippen LogP contribution in [0.5, 0.6) is 11.5 Å². The molecule has 1 aromatic carbocycles. The van der Waals surface area contributed by atoms with Crippen molar-refractivity contribution in [2.24, 2.45) is 0 Å². The zero-order valence-electron chi connectivity index (χ0n) is 12.4. The fourth-order valence-corrected chi connectivity index (χ4v) is 2.94. The number of methoxy groups -OCH3 is 1. The number of phenols is 1. The summed E-state index contributed by atoms with van der Waals surface area (Å²) >= 11 is 0. The Bertz CT molecular complexity index is 443. The third-order valence-electron chi connectivity index (χ3n) is 4.26. The minimum atomic E-state index is -0.511. The molecular weight excluding hydrogens is 254 g/mol. The van der Waals surface area contributed by atoms with E-state index >= 15 is 0 Å². The number of rotatable bonds is 5. The SMILES string of the molecule is COc1cc(C(C)(CO)NC2CCCCC2)ccc1O. The van der Waals surface area contributed by atoms with Crippen LogP contribution in [0.1, 0.15) is 44.6 Å². The Kier molecular flexibility index (Phi) is 4.89. The van der Waals surface area contributed by atoms with Gasteiger partial charge in [0.05, 0.1) is 19.3 Å². The molecule has 1 saturated carbocycles. The molecule has 0 saturated heterocycles. The molecule has 20 heavy (non-hydrogen) atoms. The molecule has 4 nitrogen and oxygen atoms in total. The van der Waals surface area contributed by atoms with Gasteiger partial charge in [0.25, 0.3) is 0 Å². The molecular formula is C16H25NO3. The molecule has 112 valence electrons. The van der Waals surface area contributed by atoms with Crippen molar-refractivity contribution >= 4 is 0 Å². The molecule has 1 aliphatic rings. The van der Waals surface area contributed by atoms with Gasteiger partial charge in [-0.3, -0.25) is 0 Å². The summed E-state index contributed by atoms with van der Waals surface area (Å²) in [4.78, 5) is 0. The highest BCUT2D eigenvalue weighted by Gasteiger charge is 2.30. The van der Waals surface area contributed by atoms with Crippen molar-refractivity contribution in [2.75, 3.05) is 13.7 Å². The molecule has 1 unspecified atom stereocenters. The van der Waals surface area contributed by atoms with Crippen molar-refractivity contribution in [3.63, 3.8) is 0 Å². The molecule has 0 aliphatic heterocycles. The lowest BCUT2D eigenvalue weighted by molar-refractivity contribution is 0.150. The van der Waals surface area contributed by atoms with Crippen molar-refractivity contribution in [1.82, 2.24) is 5.32 Å². The van der Waals surface area contributed by atoms with Crippen LogP contribution < -0.4 is 10.1 Å². The summed E-state index contributed by atoms with van der Waals surface area (Å²) in [6.45, 7) is 2.00. The Labute approximate surface area is 120 Å². The summed E-state index contributed by atoms with van der Waals surface area (Å²) in [7, 11) is 1.53. The fourth-order valence-electron chi connectivity index (χ4n) is 2.94. The Morgan fingerprint density at radius 1 is 1.30 bits per heavy atom. The van der Waals surface area contributed by atoms with E-state index in [1.807, 2.05) is 13.0 Å². The molecule has 0 aromatic heterocycles. The summed E-state index contributed by atoms with van der Waals surface area (Å²) in [6.07, 6.45) is 6.12. The first-order chi connectivity index (χ1) is 9.59. The number of aliphatic hydroxyl groups excluding tert-OH is 1. The molecule has 4 heteroatoms. The maximum atomic E-state index is 9.84. The zero-order valence-corrected chi connectivity index (χ0v) is 12.4. The van der Waals surface area contributed by atoms with E-state index < -0.39 is 5.54 Å². The van der Waals surface area contributed by atoms with Crippen LogP contribution >= 0.6 is 0 Å². The molecule has 2 rings (SSSR count). The second kappa shape index (κ2) is 6.46. The van der Waals surface area contributed by atoms with Gasteiger partial charge < -0.3 is 20.3 Å². The molecule has 1 aromatic rings. The summed E-state index contributed by atoms with van der Waals surface area (Å²) in [5.41, 5.74) is 0.420. The van der Waals surface area contributed by atoms with Gasteiger partial charge in [0.2, 0.25) is 0 Å². The second-order valence-corrected chi connectivity index (χ2v) is 5.86. The number of nitrogens with one attached hydrogen (secondary N) is 1. The first kappa shape index (κ1) is 15.1. The molecule has 1 aliphatic carbocycles. The molecule has 0 bridgehead atoms. The summed E-state index contributed by atoms with van der Waals surface area (Å²) < 4.78 is 5.16. The number of ether oxygens (including phenoxy) is 1. The van der Waals surface area contributed by atoms with Crippen molar-refractivity contribution in [3.8, 4) is 11.5 Å². The van der Waals surface area contributed by atoms with Crippen LogP contribution in [-0.2, 0) is 5.54 Å². The standard InChI is InChI=1S/C16H25NO3/c1-16(11-18,17-13-6-4-3-5-7-13)12-8-9-14(19)15(10-12)20-2/h8-10,13,17-19H,3-7,11H2,1-2H3. The summed E-state index contributed by atoms with van der Waals surface area (Å²) in [6, 6.07) is 5.69. The topological polar surface area (TPSA) is 61.7 Å². The Morgan fingerprint density at radius 2 is 2.00 bits per heavy atom. The molecule has 0 heterocycles. The number of hydrogen-bond acceptors (Lipinski definition) is 4. The van der Waals surface area contributed by atoms with Crippen LogP contribution in [0.2, 0.25) is 0 Å². The minimum absolute atomic E-state index is 0.0113. The smallest absolute Gasteiger partial charge is 0.160 e. The van der Waals surface area contributed by atoms with Crippen LogP contribution in [0.15, 0.2) is 18.2 Å². The van der Waals surface area contributed by atoms with Gasteiger partial charge >= 0.3 is 0 Å². The average molecular weight is 279 g/mol. The molecule has 0 spiro atoms. The van der Waals surface area contributed by atoms with Crippen molar-refractivity contribution in [1.29, 1.82) is 0 Å². The fraction of sp³-hybridized carbons (Fsp3) is 0.625. The third-order valence-corrected chi connectivity index (χ3v) is 4.26.